The lowest BCUT2D eigenvalue weighted by Gasteiger charge is -2.44. The Morgan fingerprint density at radius 2 is 1.41 bits per heavy atom. The molecule has 0 radical (unpaired) electrons. The van der Waals surface area contributed by atoms with Crippen LogP contribution in [0.3, 0.4) is 0 Å². The van der Waals surface area contributed by atoms with Crippen molar-refractivity contribution < 1.29 is 42.9 Å². The van der Waals surface area contributed by atoms with Crippen LogP contribution >= 0.6 is 0 Å². The van der Waals surface area contributed by atoms with Crippen LogP contribution in [0.5, 0.6) is 0 Å². The third-order valence-corrected chi connectivity index (χ3v) is 3.61. The summed E-state index contributed by atoms with van der Waals surface area (Å²) in [5, 5.41) is 3.09. The van der Waals surface area contributed by atoms with Gasteiger partial charge in [0.15, 0.2) is 12.2 Å². The zero-order valence-corrected chi connectivity index (χ0v) is 16.2. The first-order valence-corrected chi connectivity index (χ1v) is 8.69. The fourth-order valence-corrected chi connectivity index (χ4v) is 2.69. The number of hydrogen-bond acceptors (Lipinski definition) is 10. The maximum absolute atomic E-state index is 11.6. The number of carbonyl (C=O) groups is 4. The molecule has 0 aromatic heterocycles. The summed E-state index contributed by atoms with van der Waals surface area (Å²) < 4.78 is 26.6. The monoisotopic (exact) mass is 389 g/mol. The van der Waals surface area contributed by atoms with E-state index in [2.05, 4.69) is 5.32 Å². The Labute approximate surface area is 157 Å². The molecule has 0 aromatic carbocycles. The molecule has 0 aliphatic carbocycles. The SMILES string of the molecule is CCCNC1[C@H](OC(C)=O)OC(COC(C)=O)[C@@H](OC(C)=O)[C@H]1OC(C)=O. The maximum atomic E-state index is 11.6. The van der Waals surface area contributed by atoms with Gasteiger partial charge in [0.25, 0.3) is 0 Å². The summed E-state index contributed by atoms with van der Waals surface area (Å²) in [5.41, 5.74) is 0. The van der Waals surface area contributed by atoms with Crippen molar-refractivity contribution >= 4 is 23.9 Å². The Morgan fingerprint density at radius 1 is 0.852 bits per heavy atom. The molecule has 1 fully saturated rings. The van der Waals surface area contributed by atoms with Crippen molar-refractivity contribution in [1.29, 1.82) is 0 Å². The van der Waals surface area contributed by atoms with Crippen LogP contribution in [-0.4, -0.2) is 67.7 Å². The van der Waals surface area contributed by atoms with Gasteiger partial charge >= 0.3 is 23.9 Å². The van der Waals surface area contributed by atoms with Crippen molar-refractivity contribution in [2.45, 2.75) is 71.7 Å². The number of ether oxygens (including phenoxy) is 5. The summed E-state index contributed by atoms with van der Waals surface area (Å²) in [6, 6.07) is -0.782. The van der Waals surface area contributed by atoms with Crippen molar-refractivity contribution in [1.82, 2.24) is 5.32 Å². The molecule has 0 bridgehead atoms. The molecule has 5 atom stereocenters. The second-order valence-electron chi connectivity index (χ2n) is 6.08. The van der Waals surface area contributed by atoms with Crippen molar-refractivity contribution in [2.75, 3.05) is 13.2 Å². The molecule has 0 spiro atoms. The Hall–Kier alpha value is -2.20. The van der Waals surface area contributed by atoms with Crippen LogP contribution in [0, 0.1) is 0 Å². The molecule has 1 rings (SSSR count). The highest BCUT2D eigenvalue weighted by molar-refractivity contribution is 5.68. The number of nitrogens with one attached hydrogen (secondary N) is 1. The topological polar surface area (TPSA) is 126 Å². The van der Waals surface area contributed by atoms with Gasteiger partial charge < -0.3 is 29.0 Å². The lowest BCUT2D eigenvalue weighted by molar-refractivity contribution is -0.271. The van der Waals surface area contributed by atoms with Gasteiger partial charge in [-0.25, -0.2) is 0 Å². The Bertz CT molecular complexity index is 551. The molecule has 2 unspecified atom stereocenters. The van der Waals surface area contributed by atoms with Crippen molar-refractivity contribution in [2.24, 2.45) is 0 Å². The van der Waals surface area contributed by atoms with Crippen LogP contribution in [0.1, 0.15) is 41.0 Å². The summed E-state index contributed by atoms with van der Waals surface area (Å²) in [6.45, 7) is 6.97. The highest BCUT2D eigenvalue weighted by Crippen LogP contribution is 2.28. The van der Waals surface area contributed by atoms with E-state index in [0.717, 1.165) is 6.42 Å². The molecule has 1 saturated heterocycles. The van der Waals surface area contributed by atoms with Gasteiger partial charge in [-0.15, -0.1) is 0 Å². The summed E-state index contributed by atoms with van der Waals surface area (Å²) in [6.07, 6.45) is -3.47. The van der Waals surface area contributed by atoms with E-state index in [0.29, 0.717) is 6.54 Å². The molecule has 0 saturated carbocycles. The standard InChI is InChI=1S/C17H27NO9/c1-6-7-18-14-16(25-11(4)21)15(24-10(3)20)13(8-23-9(2)19)27-17(14)26-12(5)22/h13-18H,6-8H2,1-5H3/t13?,14?,15-,16+,17-/m1/s1. The molecular formula is C17H27NO9. The Morgan fingerprint density at radius 3 is 1.89 bits per heavy atom. The lowest BCUT2D eigenvalue weighted by atomic mass is 9.96. The summed E-state index contributed by atoms with van der Waals surface area (Å²) in [4.78, 5) is 45.9. The smallest absolute Gasteiger partial charge is 0.304 e. The number of carbonyl (C=O) groups excluding carboxylic acids is 4. The molecule has 1 heterocycles. The van der Waals surface area contributed by atoms with E-state index >= 15 is 0 Å². The predicted octanol–water partition coefficient (Wildman–Crippen LogP) is 0.0691. The van der Waals surface area contributed by atoms with Gasteiger partial charge in [-0.05, 0) is 13.0 Å². The van der Waals surface area contributed by atoms with Crippen LogP contribution in [-0.2, 0) is 42.9 Å². The molecule has 154 valence electrons. The summed E-state index contributed by atoms with van der Waals surface area (Å²) >= 11 is 0. The molecular weight excluding hydrogens is 362 g/mol. The summed E-state index contributed by atoms with van der Waals surface area (Å²) in [7, 11) is 0. The van der Waals surface area contributed by atoms with E-state index in [9.17, 15) is 19.2 Å². The van der Waals surface area contributed by atoms with Crippen molar-refractivity contribution in [3.8, 4) is 0 Å². The average Bonchev–Trinajstić information content (AvgIpc) is 2.53. The minimum absolute atomic E-state index is 0.274. The van der Waals surface area contributed by atoms with Gasteiger partial charge in [-0.2, -0.15) is 0 Å². The van der Waals surface area contributed by atoms with Crippen LogP contribution < -0.4 is 5.32 Å². The number of rotatable bonds is 8. The van der Waals surface area contributed by atoms with Crippen LogP contribution in [0.25, 0.3) is 0 Å². The molecule has 10 nitrogen and oxygen atoms in total. The maximum Gasteiger partial charge on any atom is 0.304 e. The van der Waals surface area contributed by atoms with E-state index in [1.807, 2.05) is 6.92 Å². The first-order chi connectivity index (χ1) is 12.6. The Balaban J connectivity index is 3.22. The van der Waals surface area contributed by atoms with E-state index < -0.39 is 54.5 Å². The minimum atomic E-state index is -1.13. The first kappa shape index (κ1) is 22.8. The largest absolute Gasteiger partial charge is 0.463 e. The molecule has 0 aromatic rings. The van der Waals surface area contributed by atoms with Gasteiger partial charge in [0.1, 0.15) is 18.8 Å². The third-order valence-electron chi connectivity index (χ3n) is 3.61. The number of hydrogen-bond donors (Lipinski definition) is 1. The second-order valence-corrected chi connectivity index (χ2v) is 6.08. The quantitative estimate of drug-likeness (QED) is 0.450. The summed E-state index contributed by atoms with van der Waals surface area (Å²) in [5.74, 6) is -2.43. The van der Waals surface area contributed by atoms with Gasteiger partial charge in [0.2, 0.25) is 6.29 Å². The normalized spacial score (nSPS) is 27.4. The van der Waals surface area contributed by atoms with Crippen LogP contribution in [0.15, 0.2) is 0 Å². The fraction of sp³-hybridized carbons (Fsp3) is 0.765. The molecule has 1 N–H and O–H groups in total. The highest BCUT2D eigenvalue weighted by Gasteiger charge is 2.51. The van der Waals surface area contributed by atoms with Crippen LogP contribution in [0.4, 0.5) is 0 Å². The fourth-order valence-electron chi connectivity index (χ4n) is 2.69. The van der Waals surface area contributed by atoms with E-state index in [1.165, 1.54) is 27.7 Å². The first-order valence-electron chi connectivity index (χ1n) is 8.69. The molecule has 27 heavy (non-hydrogen) atoms. The molecule has 1 aliphatic rings. The molecule has 1 aliphatic heterocycles. The lowest BCUT2D eigenvalue weighted by Crippen LogP contribution is -2.66. The highest BCUT2D eigenvalue weighted by atomic mass is 16.7. The van der Waals surface area contributed by atoms with Crippen LogP contribution in [0.2, 0.25) is 0 Å². The van der Waals surface area contributed by atoms with Crippen molar-refractivity contribution in [3.63, 3.8) is 0 Å². The van der Waals surface area contributed by atoms with E-state index in [1.54, 1.807) is 0 Å². The van der Waals surface area contributed by atoms with E-state index in [4.69, 9.17) is 23.7 Å². The Kier molecular flexibility index (Phi) is 9.16. The van der Waals surface area contributed by atoms with Crippen molar-refractivity contribution in [3.05, 3.63) is 0 Å². The third kappa shape index (κ3) is 7.51. The second kappa shape index (κ2) is 10.8. The van der Waals surface area contributed by atoms with Gasteiger partial charge in [-0.1, -0.05) is 6.92 Å². The minimum Gasteiger partial charge on any atom is -0.463 e. The van der Waals surface area contributed by atoms with Gasteiger partial charge in [0.05, 0.1) is 0 Å². The number of esters is 4. The zero-order valence-electron chi connectivity index (χ0n) is 16.2. The average molecular weight is 389 g/mol. The molecule has 10 heteroatoms. The van der Waals surface area contributed by atoms with Gasteiger partial charge in [0, 0.05) is 27.7 Å². The predicted molar refractivity (Wildman–Crippen MR) is 90.2 cm³/mol. The zero-order chi connectivity index (χ0) is 20.6. The van der Waals surface area contributed by atoms with Gasteiger partial charge in [-0.3, -0.25) is 19.2 Å². The molecule has 0 amide bonds. The van der Waals surface area contributed by atoms with E-state index in [-0.39, 0.29) is 6.61 Å².